The third kappa shape index (κ3) is 2.59. The zero-order valence-corrected chi connectivity index (χ0v) is 17.7. The first-order valence-corrected chi connectivity index (χ1v) is 11.5. The van der Waals surface area contributed by atoms with Gasteiger partial charge < -0.3 is 4.57 Å². The highest BCUT2D eigenvalue weighted by Gasteiger charge is 2.33. The minimum atomic E-state index is -3.13. The van der Waals surface area contributed by atoms with Crippen LogP contribution in [0, 0.1) is 6.92 Å². The molecule has 0 unspecified atom stereocenters. The summed E-state index contributed by atoms with van der Waals surface area (Å²) in [6.07, 6.45) is 2.29. The molecule has 1 atom stereocenters. The van der Waals surface area contributed by atoms with Gasteiger partial charge in [0.15, 0.2) is 21.0 Å². The maximum absolute atomic E-state index is 12.9. The summed E-state index contributed by atoms with van der Waals surface area (Å²) in [6.45, 7) is 2.00. The number of rotatable bonds is 2. The molecule has 1 aliphatic heterocycles. The van der Waals surface area contributed by atoms with Crippen LogP contribution < -0.4 is 11.2 Å². The molecule has 1 aromatic carbocycles. The van der Waals surface area contributed by atoms with E-state index in [0.29, 0.717) is 17.7 Å². The lowest BCUT2D eigenvalue weighted by Gasteiger charge is -2.15. The zero-order valence-electron chi connectivity index (χ0n) is 16.9. The van der Waals surface area contributed by atoms with Crippen LogP contribution >= 0.6 is 0 Å². The number of imidazole rings is 2. The van der Waals surface area contributed by atoms with E-state index in [1.54, 1.807) is 11.4 Å². The van der Waals surface area contributed by atoms with Gasteiger partial charge in [-0.1, -0.05) is 29.8 Å². The van der Waals surface area contributed by atoms with E-state index in [0.717, 1.165) is 21.4 Å². The number of nitrogens with zero attached hydrogens (tertiary/aromatic N) is 5. The van der Waals surface area contributed by atoms with E-state index in [9.17, 15) is 18.0 Å². The molecule has 9 nitrogen and oxygen atoms in total. The van der Waals surface area contributed by atoms with Gasteiger partial charge in [-0.2, -0.15) is 4.98 Å². The summed E-state index contributed by atoms with van der Waals surface area (Å²) in [5.41, 5.74) is 2.49. The molecule has 0 radical (unpaired) electrons. The first kappa shape index (κ1) is 18.9. The zero-order chi connectivity index (χ0) is 21.4. The Hall–Kier alpha value is -3.14. The van der Waals surface area contributed by atoms with Gasteiger partial charge in [0, 0.05) is 20.3 Å². The highest BCUT2D eigenvalue weighted by Crippen LogP contribution is 2.33. The molecule has 0 amide bonds. The Labute approximate surface area is 171 Å². The second kappa shape index (κ2) is 6.18. The summed E-state index contributed by atoms with van der Waals surface area (Å²) in [5, 5.41) is 0. The molecule has 4 aromatic rings. The molecule has 0 saturated carbocycles. The molecule has 1 saturated heterocycles. The lowest BCUT2D eigenvalue weighted by Crippen LogP contribution is -2.37. The Morgan fingerprint density at radius 3 is 2.40 bits per heavy atom. The molecule has 1 fully saturated rings. The fraction of sp³-hybridized carbons (Fsp3) is 0.350. The highest BCUT2D eigenvalue weighted by molar-refractivity contribution is 7.91. The minimum Gasteiger partial charge on any atom is -0.305 e. The van der Waals surface area contributed by atoms with Crippen LogP contribution in [0.15, 0.2) is 40.1 Å². The van der Waals surface area contributed by atoms with Crippen molar-refractivity contribution in [3.05, 3.63) is 56.9 Å². The average molecular weight is 427 g/mol. The lowest BCUT2D eigenvalue weighted by molar-refractivity contribution is 0.571. The van der Waals surface area contributed by atoms with Crippen LogP contribution in [-0.2, 0) is 23.9 Å². The van der Waals surface area contributed by atoms with Gasteiger partial charge in [0.05, 0.1) is 23.2 Å². The standard InChI is InChI=1S/C20H21N5O4S/c1-12-4-6-13(7-5-12)15-10-24-16-17(22(2)20(27)23(3)18(16)26)21-19(24)25(15)14-8-9-30(28,29)11-14/h4-7,10,14H,8-9,11H2,1-3H3/t14-/m0/s1. The lowest BCUT2D eigenvalue weighted by atomic mass is 10.1. The molecule has 0 spiro atoms. The Morgan fingerprint density at radius 2 is 1.77 bits per heavy atom. The van der Waals surface area contributed by atoms with E-state index >= 15 is 0 Å². The van der Waals surface area contributed by atoms with Crippen LogP contribution in [0.2, 0.25) is 0 Å². The van der Waals surface area contributed by atoms with Crippen LogP contribution in [0.4, 0.5) is 0 Å². The Morgan fingerprint density at radius 1 is 1.07 bits per heavy atom. The van der Waals surface area contributed by atoms with Crippen LogP contribution in [0.5, 0.6) is 0 Å². The second-order valence-corrected chi connectivity index (χ2v) is 10.2. The molecule has 4 heterocycles. The summed E-state index contributed by atoms with van der Waals surface area (Å²) >= 11 is 0. The Balaban J connectivity index is 1.90. The SMILES string of the molecule is Cc1ccc(-c2cn3c4c(=O)n(C)c(=O)n(C)c4nc3n2[C@H]2CCS(=O)(=O)C2)cc1. The maximum atomic E-state index is 12.9. The minimum absolute atomic E-state index is 0.0242. The summed E-state index contributed by atoms with van der Waals surface area (Å²) in [5.74, 6) is 0.604. The molecular formula is C20H21N5O4S. The van der Waals surface area contributed by atoms with Gasteiger partial charge in [-0.05, 0) is 18.9 Å². The van der Waals surface area contributed by atoms with Crippen molar-refractivity contribution in [1.82, 2.24) is 23.1 Å². The molecule has 1 aliphatic rings. The molecule has 156 valence electrons. The fourth-order valence-electron chi connectivity index (χ4n) is 4.26. The van der Waals surface area contributed by atoms with Crippen LogP contribution in [0.3, 0.4) is 0 Å². The summed E-state index contributed by atoms with van der Waals surface area (Å²) in [6, 6.07) is 7.63. The highest BCUT2D eigenvalue weighted by atomic mass is 32.2. The average Bonchev–Trinajstić information content (AvgIpc) is 3.36. The van der Waals surface area contributed by atoms with E-state index in [2.05, 4.69) is 4.98 Å². The van der Waals surface area contributed by atoms with Gasteiger partial charge in [-0.15, -0.1) is 0 Å². The van der Waals surface area contributed by atoms with Crippen molar-refractivity contribution < 1.29 is 8.42 Å². The third-order valence-corrected chi connectivity index (χ3v) is 7.67. The topological polar surface area (TPSA) is 100 Å². The molecule has 0 aliphatic carbocycles. The van der Waals surface area contributed by atoms with Crippen molar-refractivity contribution in [2.45, 2.75) is 19.4 Å². The number of hydrogen-bond acceptors (Lipinski definition) is 5. The van der Waals surface area contributed by atoms with Crippen molar-refractivity contribution in [1.29, 1.82) is 0 Å². The summed E-state index contributed by atoms with van der Waals surface area (Å²) in [4.78, 5) is 29.8. The second-order valence-electron chi connectivity index (χ2n) is 7.97. The number of sulfone groups is 1. The molecule has 0 N–H and O–H groups in total. The maximum Gasteiger partial charge on any atom is 0.332 e. The van der Waals surface area contributed by atoms with Crippen LogP contribution in [0.1, 0.15) is 18.0 Å². The predicted octanol–water partition coefficient (Wildman–Crippen LogP) is 1.02. The largest absolute Gasteiger partial charge is 0.332 e. The fourth-order valence-corrected chi connectivity index (χ4v) is 5.96. The molecule has 5 rings (SSSR count). The number of benzene rings is 1. The molecule has 30 heavy (non-hydrogen) atoms. The molecule has 3 aromatic heterocycles. The Bertz CT molecular complexity index is 1550. The van der Waals surface area contributed by atoms with E-state index in [4.69, 9.17) is 0 Å². The van der Waals surface area contributed by atoms with Crippen molar-refractivity contribution in [2.75, 3.05) is 11.5 Å². The first-order chi connectivity index (χ1) is 14.2. The van der Waals surface area contributed by atoms with Gasteiger partial charge in [-0.3, -0.25) is 18.3 Å². The van der Waals surface area contributed by atoms with Crippen molar-refractivity contribution in [3.8, 4) is 11.3 Å². The number of aryl methyl sites for hydroxylation is 2. The van der Waals surface area contributed by atoms with Crippen LogP contribution in [-0.4, -0.2) is 43.0 Å². The van der Waals surface area contributed by atoms with Gasteiger partial charge in [0.1, 0.15) is 0 Å². The van der Waals surface area contributed by atoms with Gasteiger partial charge in [-0.25, -0.2) is 13.2 Å². The number of fused-ring (bicyclic) bond motifs is 3. The summed E-state index contributed by atoms with van der Waals surface area (Å²) in [7, 11) is -0.128. The van der Waals surface area contributed by atoms with Gasteiger partial charge in [0.25, 0.3) is 5.56 Å². The third-order valence-electron chi connectivity index (χ3n) is 5.92. The van der Waals surface area contributed by atoms with Gasteiger partial charge >= 0.3 is 5.69 Å². The van der Waals surface area contributed by atoms with Crippen LogP contribution in [0.25, 0.3) is 28.2 Å². The number of hydrogen-bond donors (Lipinski definition) is 0. The summed E-state index contributed by atoms with van der Waals surface area (Å²) < 4.78 is 30.4. The smallest absolute Gasteiger partial charge is 0.305 e. The van der Waals surface area contributed by atoms with Crippen molar-refractivity contribution in [3.63, 3.8) is 0 Å². The monoisotopic (exact) mass is 427 g/mol. The predicted molar refractivity (Wildman–Crippen MR) is 114 cm³/mol. The molecular weight excluding hydrogens is 406 g/mol. The number of aromatic nitrogens is 5. The van der Waals surface area contributed by atoms with E-state index < -0.39 is 21.1 Å². The quantitative estimate of drug-likeness (QED) is 0.476. The molecule has 10 heteroatoms. The van der Waals surface area contributed by atoms with E-state index in [-0.39, 0.29) is 23.2 Å². The normalized spacial score (nSPS) is 18.6. The Kier molecular flexibility index (Phi) is 3.88. The van der Waals surface area contributed by atoms with Gasteiger partial charge in [0.2, 0.25) is 5.78 Å². The first-order valence-electron chi connectivity index (χ1n) is 9.64. The van der Waals surface area contributed by atoms with Crippen molar-refractivity contribution >= 4 is 26.8 Å². The van der Waals surface area contributed by atoms with E-state index in [1.807, 2.05) is 42.0 Å². The molecule has 0 bridgehead atoms. The van der Waals surface area contributed by atoms with E-state index in [1.165, 1.54) is 11.6 Å². The van der Waals surface area contributed by atoms with Crippen molar-refractivity contribution in [2.24, 2.45) is 14.1 Å².